The second kappa shape index (κ2) is 7.94. The number of hydrogen-bond donors (Lipinski definition) is 0. The lowest BCUT2D eigenvalue weighted by molar-refractivity contribution is -0.0843. The first-order chi connectivity index (χ1) is 13.3. The molecule has 0 heterocycles. The molecule has 3 fully saturated rings. The first-order valence-corrected chi connectivity index (χ1v) is 13.0. The molecule has 0 bridgehead atoms. The minimum absolute atomic E-state index is 0.283. The van der Waals surface area contributed by atoms with Crippen molar-refractivity contribution in [3.8, 4) is 0 Å². The van der Waals surface area contributed by atoms with Crippen LogP contribution in [0.15, 0.2) is 12.2 Å². The van der Waals surface area contributed by atoms with Crippen molar-refractivity contribution in [2.75, 3.05) is 0 Å². The second-order valence-electron chi connectivity index (χ2n) is 12.2. The third-order valence-corrected chi connectivity index (χ3v) is 10.7. The summed E-state index contributed by atoms with van der Waals surface area (Å²) in [6.45, 7) is 12.7. The van der Waals surface area contributed by atoms with Crippen molar-refractivity contribution >= 4 is 11.6 Å². The van der Waals surface area contributed by atoms with Crippen molar-refractivity contribution in [2.45, 2.75) is 104 Å². The SMILES string of the molecule is CC(C)CCC[C@@H](C)[C@@H]1CC[C@@H]2[C@@H]3CC[C@H]4C[C@H](Cl)C=C[C@]4(C)[C@H]3CC[C@]21C. The minimum atomic E-state index is 0.283. The summed E-state index contributed by atoms with van der Waals surface area (Å²) in [7, 11) is 0. The zero-order valence-corrected chi connectivity index (χ0v) is 20.0. The molecule has 4 aliphatic carbocycles. The first-order valence-electron chi connectivity index (χ1n) is 12.6. The molecule has 0 N–H and O–H groups in total. The fourth-order valence-electron chi connectivity index (χ4n) is 8.79. The summed E-state index contributed by atoms with van der Waals surface area (Å²) < 4.78 is 0. The largest absolute Gasteiger partial charge is 0.118 e. The van der Waals surface area contributed by atoms with E-state index in [2.05, 4.69) is 46.8 Å². The van der Waals surface area contributed by atoms with Crippen molar-refractivity contribution in [3.05, 3.63) is 12.2 Å². The van der Waals surface area contributed by atoms with Gasteiger partial charge in [-0.05, 0) is 97.2 Å². The van der Waals surface area contributed by atoms with Gasteiger partial charge in [0.15, 0.2) is 0 Å². The summed E-state index contributed by atoms with van der Waals surface area (Å²) in [6, 6.07) is 0. The average molecular weight is 405 g/mol. The Labute approximate surface area is 180 Å². The van der Waals surface area contributed by atoms with Gasteiger partial charge in [0.1, 0.15) is 0 Å². The van der Waals surface area contributed by atoms with Gasteiger partial charge >= 0.3 is 0 Å². The Balaban J connectivity index is 1.48. The molecule has 0 spiro atoms. The van der Waals surface area contributed by atoms with Crippen LogP contribution in [0.2, 0.25) is 0 Å². The van der Waals surface area contributed by atoms with Crippen molar-refractivity contribution in [2.24, 2.45) is 52.3 Å². The van der Waals surface area contributed by atoms with Gasteiger partial charge in [-0.3, -0.25) is 0 Å². The lowest BCUT2D eigenvalue weighted by atomic mass is 9.45. The molecule has 0 radical (unpaired) electrons. The van der Waals surface area contributed by atoms with E-state index in [1.807, 2.05) is 0 Å². The highest BCUT2D eigenvalue weighted by Gasteiger charge is 2.59. The van der Waals surface area contributed by atoms with Crippen LogP contribution >= 0.6 is 11.6 Å². The topological polar surface area (TPSA) is 0 Å². The van der Waals surface area contributed by atoms with Gasteiger partial charge in [0.05, 0.1) is 5.38 Å². The third-order valence-electron chi connectivity index (χ3n) is 10.3. The van der Waals surface area contributed by atoms with Crippen molar-refractivity contribution in [1.29, 1.82) is 0 Å². The van der Waals surface area contributed by atoms with Crippen LogP contribution < -0.4 is 0 Å². The van der Waals surface area contributed by atoms with Crippen LogP contribution in [0, 0.1) is 52.3 Å². The van der Waals surface area contributed by atoms with Gasteiger partial charge in [0.25, 0.3) is 0 Å². The second-order valence-corrected chi connectivity index (χ2v) is 12.7. The average Bonchev–Trinajstić information content (AvgIpc) is 2.99. The van der Waals surface area contributed by atoms with E-state index in [0.717, 1.165) is 41.4 Å². The molecule has 28 heavy (non-hydrogen) atoms. The molecular weight excluding hydrogens is 360 g/mol. The molecule has 160 valence electrons. The monoisotopic (exact) mass is 404 g/mol. The van der Waals surface area contributed by atoms with Gasteiger partial charge in [-0.15, -0.1) is 11.6 Å². The maximum atomic E-state index is 6.51. The summed E-state index contributed by atoms with van der Waals surface area (Å²) in [5.74, 6) is 6.47. The highest BCUT2D eigenvalue weighted by molar-refractivity contribution is 6.21. The maximum Gasteiger partial charge on any atom is 0.0519 e. The van der Waals surface area contributed by atoms with Gasteiger partial charge < -0.3 is 0 Å². The van der Waals surface area contributed by atoms with E-state index in [9.17, 15) is 0 Å². The zero-order valence-electron chi connectivity index (χ0n) is 19.2. The predicted octanol–water partition coefficient (Wildman–Crippen LogP) is 8.49. The molecule has 3 saturated carbocycles. The van der Waals surface area contributed by atoms with Crippen LogP contribution in [0.5, 0.6) is 0 Å². The molecule has 0 aliphatic heterocycles. The fraction of sp³-hybridized carbons (Fsp3) is 0.926. The number of hydrogen-bond acceptors (Lipinski definition) is 0. The highest BCUT2D eigenvalue weighted by Crippen LogP contribution is 2.67. The smallest absolute Gasteiger partial charge is 0.0519 e. The molecule has 9 atom stereocenters. The summed E-state index contributed by atoms with van der Waals surface area (Å²) in [6.07, 6.45) is 19.3. The van der Waals surface area contributed by atoms with E-state index in [-0.39, 0.29) is 5.38 Å². The summed E-state index contributed by atoms with van der Waals surface area (Å²) in [5.41, 5.74) is 1.05. The molecule has 4 rings (SSSR count). The number of halogens is 1. The fourth-order valence-corrected chi connectivity index (χ4v) is 9.08. The Morgan fingerprint density at radius 2 is 1.75 bits per heavy atom. The first kappa shape index (κ1) is 21.3. The van der Waals surface area contributed by atoms with Crippen LogP contribution in [-0.2, 0) is 0 Å². The molecule has 0 unspecified atom stereocenters. The molecular formula is C27H45Cl. The number of alkyl halides is 1. The third kappa shape index (κ3) is 3.52. The normalized spacial score (nSPS) is 48.8. The molecule has 0 nitrogen and oxygen atoms in total. The van der Waals surface area contributed by atoms with Crippen LogP contribution in [0.3, 0.4) is 0 Å². The quantitative estimate of drug-likeness (QED) is 0.318. The van der Waals surface area contributed by atoms with E-state index in [0.29, 0.717) is 10.8 Å². The molecule has 0 saturated heterocycles. The van der Waals surface area contributed by atoms with Crippen molar-refractivity contribution in [1.82, 2.24) is 0 Å². The van der Waals surface area contributed by atoms with Gasteiger partial charge in [0, 0.05) is 0 Å². The van der Waals surface area contributed by atoms with E-state index in [1.165, 1.54) is 64.2 Å². The van der Waals surface area contributed by atoms with Crippen molar-refractivity contribution < 1.29 is 0 Å². The van der Waals surface area contributed by atoms with Crippen molar-refractivity contribution in [3.63, 3.8) is 0 Å². The van der Waals surface area contributed by atoms with Gasteiger partial charge in [-0.25, -0.2) is 0 Å². The van der Waals surface area contributed by atoms with Gasteiger partial charge in [0.2, 0.25) is 0 Å². The van der Waals surface area contributed by atoms with E-state index >= 15 is 0 Å². The van der Waals surface area contributed by atoms with Crippen LogP contribution in [-0.4, -0.2) is 5.38 Å². The predicted molar refractivity (Wildman–Crippen MR) is 123 cm³/mol. The Morgan fingerprint density at radius 3 is 2.50 bits per heavy atom. The molecule has 1 heteroatoms. The Morgan fingerprint density at radius 1 is 0.964 bits per heavy atom. The van der Waals surface area contributed by atoms with E-state index in [1.54, 1.807) is 0 Å². The Bertz CT molecular complexity index is 579. The number of allylic oxidation sites excluding steroid dienone is 2. The van der Waals surface area contributed by atoms with E-state index < -0.39 is 0 Å². The maximum absolute atomic E-state index is 6.51. The standard InChI is InChI=1S/C27H45Cl/c1-18(2)7-6-8-19(3)23-11-12-24-22-10-9-20-17-21(28)13-15-26(20,4)25(22)14-16-27(23,24)5/h13,15,18-25H,6-12,14,16-17H2,1-5H3/t19-,20+,21-,22+,23+,24-,25+,26+,27+/m1/s1. The van der Waals surface area contributed by atoms with Gasteiger partial charge in [-0.2, -0.15) is 0 Å². The lowest BCUT2D eigenvalue weighted by Gasteiger charge is -2.59. The summed E-state index contributed by atoms with van der Waals surface area (Å²) in [4.78, 5) is 0. The van der Waals surface area contributed by atoms with Crippen LogP contribution in [0.1, 0.15) is 98.8 Å². The van der Waals surface area contributed by atoms with Gasteiger partial charge in [-0.1, -0.05) is 66.0 Å². The number of rotatable bonds is 5. The summed E-state index contributed by atoms with van der Waals surface area (Å²) in [5, 5.41) is 0.283. The van der Waals surface area contributed by atoms with E-state index in [4.69, 9.17) is 11.6 Å². The Kier molecular flexibility index (Phi) is 6.03. The van der Waals surface area contributed by atoms with Crippen LogP contribution in [0.25, 0.3) is 0 Å². The molecule has 0 aromatic rings. The number of fused-ring (bicyclic) bond motifs is 5. The summed E-state index contributed by atoms with van der Waals surface area (Å²) >= 11 is 6.51. The highest BCUT2D eigenvalue weighted by atomic mass is 35.5. The minimum Gasteiger partial charge on any atom is -0.118 e. The molecule has 4 aliphatic rings. The molecule has 0 aromatic heterocycles. The molecule has 0 amide bonds. The van der Waals surface area contributed by atoms with Crippen LogP contribution in [0.4, 0.5) is 0 Å². The lowest BCUT2D eigenvalue weighted by Crippen LogP contribution is -2.52. The zero-order chi connectivity index (χ0) is 20.1. The molecule has 0 aromatic carbocycles. The Hall–Kier alpha value is 0.0300.